The van der Waals surface area contributed by atoms with E-state index in [-0.39, 0.29) is 35.5 Å². The van der Waals surface area contributed by atoms with Crippen LogP contribution >= 0.6 is 0 Å². The standard InChI is InChI=1S/C13H20.C12H24N2O2.C7H14O/c1-10(2)9-12-5-7-13(8-6-12)11(3)4;1-9(2)11(15)13(5)7-8-14(6)12(16)10(3)4;1-5(2)7(8)6(3)4/h5-8,10-11H,9H2,1-4H3;9-10H,7-8H2,1-6H3;5-6H,1-4H3. The number of carbonyl (C=O) groups is 3. The predicted octanol–water partition coefficient (Wildman–Crippen LogP) is 7.09. The van der Waals surface area contributed by atoms with Crippen LogP contribution in [-0.4, -0.2) is 54.6 Å². The van der Waals surface area contributed by atoms with Crippen molar-refractivity contribution in [3.63, 3.8) is 0 Å². The molecular weight excluding hydrogens is 460 g/mol. The molecule has 0 spiro atoms. The maximum absolute atomic E-state index is 11.6. The number of rotatable bonds is 10. The number of hydrogen-bond donors (Lipinski definition) is 0. The molecule has 214 valence electrons. The van der Waals surface area contributed by atoms with Crippen molar-refractivity contribution in [3.8, 4) is 0 Å². The first-order valence-electron chi connectivity index (χ1n) is 14.0. The number of Topliss-reactive ketones (excluding diaryl/α,β-unsaturated/α-hetero) is 1. The largest absolute Gasteiger partial charge is 0.344 e. The van der Waals surface area contributed by atoms with Crippen LogP contribution in [0.2, 0.25) is 0 Å². The lowest BCUT2D eigenvalue weighted by atomic mass is 9.98. The lowest BCUT2D eigenvalue weighted by Gasteiger charge is -2.24. The molecule has 1 rings (SSSR count). The number of benzene rings is 1. The Morgan fingerprint density at radius 3 is 1.16 bits per heavy atom. The molecule has 0 aromatic heterocycles. The Hall–Kier alpha value is -2.17. The summed E-state index contributed by atoms with van der Waals surface area (Å²) in [5, 5.41) is 0. The Bertz CT molecular complexity index is 742. The van der Waals surface area contributed by atoms with E-state index in [4.69, 9.17) is 0 Å². The van der Waals surface area contributed by atoms with E-state index >= 15 is 0 Å². The van der Waals surface area contributed by atoms with Gasteiger partial charge in [0.1, 0.15) is 5.78 Å². The monoisotopic (exact) mass is 518 g/mol. The van der Waals surface area contributed by atoms with Crippen LogP contribution in [0.15, 0.2) is 24.3 Å². The van der Waals surface area contributed by atoms with E-state index in [0.717, 1.165) is 5.92 Å². The van der Waals surface area contributed by atoms with Gasteiger partial charge in [0, 0.05) is 50.9 Å². The third kappa shape index (κ3) is 17.1. The summed E-state index contributed by atoms with van der Waals surface area (Å²) >= 11 is 0. The van der Waals surface area contributed by atoms with E-state index in [1.54, 1.807) is 23.9 Å². The summed E-state index contributed by atoms with van der Waals surface area (Å²) in [6.45, 7) is 25.4. The van der Waals surface area contributed by atoms with E-state index in [0.29, 0.717) is 24.8 Å². The highest BCUT2D eigenvalue weighted by molar-refractivity contribution is 5.82. The smallest absolute Gasteiger partial charge is 0.224 e. The number of carbonyl (C=O) groups excluding carboxylic acids is 3. The Morgan fingerprint density at radius 1 is 0.595 bits per heavy atom. The fourth-order valence-corrected chi connectivity index (χ4v) is 3.58. The zero-order valence-electron chi connectivity index (χ0n) is 26.5. The second-order valence-electron chi connectivity index (χ2n) is 12.0. The first-order chi connectivity index (χ1) is 16.9. The maximum atomic E-state index is 11.6. The van der Waals surface area contributed by atoms with E-state index in [2.05, 4.69) is 52.0 Å². The molecular formula is C32H58N2O3. The number of amides is 2. The van der Waals surface area contributed by atoms with Gasteiger partial charge in [-0.3, -0.25) is 14.4 Å². The van der Waals surface area contributed by atoms with Gasteiger partial charge in [0.15, 0.2) is 0 Å². The van der Waals surface area contributed by atoms with Gasteiger partial charge in [-0.2, -0.15) is 0 Å². The van der Waals surface area contributed by atoms with Gasteiger partial charge in [0.05, 0.1) is 0 Å². The summed E-state index contributed by atoms with van der Waals surface area (Å²) in [5.74, 6) is 2.41. The molecule has 5 nitrogen and oxygen atoms in total. The van der Waals surface area contributed by atoms with Crippen molar-refractivity contribution in [2.75, 3.05) is 27.2 Å². The summed E-state index contributed by atoms with van der Waals surface area (Å²) in [7, 11) is 3.55. The molecule has 0 aliphatic carbocycles. The molecule has 0 N–H and O–H groups in total. The first-order valence-corrected chi connectivity index (χ1v) is 14.0. The Labute approximate surface area is 229 Å². The van der Waals surface area contributed by atoms with Crippen molar-refractivity contribution < 1.29 is 14.4 Å². The third-order valence-electron chi connectivity index (χ3n) is 5.94. The summed E-state index contributed by atoms with van der Waals surface area (Å²) in [6.07, 6.45) is 1.19. The predicted molar refractivity (Wildman–Crippen MR) is 159 cm³/mol. The van der Waals surface area contributed by atoms with E-state index in [1.807, 2.05) is 55.4 Å². The van der Waals surface area contributed by atoms with Crippen LogP contribution in [0.1, 0.15) is 100 Å². The topological polar surface area (TPSA) is 57.7 Å². The highest BCUT2D eigenvalue weighted by Gasteiger charge is 2.16. The molecule has 0 aliphatic rings. The summed E-state index contributed by atoms with van der Waals surface area (Å²) in [5.41, 5.74) is 2.90. The number of likely N-dealkylation sites (N-methyl/N-ethyl adjacent to an activating group) is 2. The molecule has 0 aliphatic heterocycles. The summed E-state index contributed by atoms with van der Waals surface area (Å²) < 4.78 is 0. The van der Waals surface area contributed by atoms with Crippen molar-refractivity contribution >= 4 is 17.6 Å². The molecule has 1 aromatic rings. The molecule has 0 saturated carbocycles. The molecule has 5 heteroatoms. The van der Waals surface area contributed by atoms with E-state index in [1.165, 1.54) is 17.5 Å². The lowest BCUT2D eigenvalue weighted by molar-refractivity contribution is -0.136. The molecule has 0 heterocycles. The maximum Gasteiger partial charge on any atom is 0.224 e. The van der Waals surface area contributed by atoms with Crippen LogP contribution in [0.3, 0.4) is 0 Å². The second-order valence-corrected chi connectivity index (χ2v) is 12.0. The van der Waals surface area contributed by atoms with Gasteiger partial charge in [0.25, 0.3) is 0 Å². The van der Waals surface area contributed by atoms with E-state index in [9.17, 15) is 14.4 Å². The molecule has 1 aromatic carbocycles. The van der Waals surface area contributed by atoms with Gasteiger partial charge in [-0.1, -0.05) is 107 Å². The highest BCUT2D eigenvalue weighted by Crippen LogP contribution is 2.16. The van der Waals surface area contributed by atoms with Gasteiger partial charge in [-0.15, -0.1) is 0 Å². The zero-order valence-corrected chi connectivity index (χ0v) is 26.5. The summed E-state index contributed by atoms with van der Waals surface area (Å²) in [6, 6.07) is 9.02. The lowest BCUT2D eigenvalue weighted by Crippen LogP contribution is -2.40. The van der Waals surface area contributed by atoms with Gasteiger partial charge in [-0.25, -0.2) is 0 Å². The Kier molecular flexibility index (Phi) is 19.0. The fraction of sp³-hybridized carbons (Fsp3) is 0.719. The molecule has 0 saturated heterocycles. The Balaban J connectivity index is 0. The third-order valence-corrected chi connectivity index (χ3v) is 5.94. The van der Waals surface area contributed by atoms with Crippen LogP contribution in [0, 0.1) is 29.6 Å². The SMILES string of the molecule is CC(C)C(=O)C(C)C.CC(C)C(=O)N(C)CCN(C)C(=O)C(C)C.CC(C)Cc1ccc(C(C)C)cc1. The number of hydrogen-bond acceptors (Lipinski definition) is 3. The first kappa shape index (κ1) is 37.0. The Morgan fingerprint density at radius 2 is 0.946 bits per heavy atom. The van der Waals surface area contributed by atoms with Crippen molar-refractivity contribution in [1.29, 1.82) is 0 Å². The molecule has 2 amide bonds. The normalized spacial score (nSPS) is 10.9. The minimum Gasteiger partial charge on any atom is -0.344 e. The van der Waals surface area contributed by atoms with Crippen LogP contribution in [-0.2, 0) is 20.8 Å². The average molecular weight is 519 g/mol. The molecule has 0 atom stereocenters. The minimum absolute atomic E-state index is 0.0103. The summed E-state index contributed by atoms with van der Waals surface area (Å²) in [4.78, 5) is 37.4. The fourth-order valence-electron chi connectivity index (χ4n) is 3.58. The highest BCUT2D eigenvalue weighted by atomic mass is 16.2. The van der Waals surface area contributed by atoms with Gasteiger partial charge in [0.2, 0.25) is 11.8 Å². The van der Waals surface area contributed by atoms with Crippen molar-refractivity contribution in [2.45, 2.75) is 95.4 Å². The quantitative estimate of drug-likeness (QED) is 0.332. The van der Waals surface area contributed by atoms with Gasteiger partial charge in [-0.05, 0) is 29.4 Å². The molecule has 37 heavy (non-hydrogen) atoms. The number of ketones is 1. The minimum atomic E-state index is 0.0103. The second kappa shape index (κ2) is 19.0. The van der Waals surface area contributed by atoms with Crippen LogP contribution in [0.4, 0.5) is 0 Å². The van der Waals surface area contributed by atoms with Crippen LogP contribution in [0.25, 0.3) is 0 Å². The van der Waals surface area contributed by atoms with Crippen molar-refractivity contribution in [1.82, 2.24) is 9.80 Å². The molecule has 0 unspecified atom stereocenters. The van der Waals surface area contributed by atoms with Crippen LogP contribution in [0.5, 0.6) is 0 Å². The molecule has 0 radical (unpaired) electrons. The van der Waals surface area contributed by atoms with Gasteiger partial charge < -0.3 is 9.80 Å². The van der Waals surface area contributed by atoms with Crippen molar-refractivity contribution in [2.24, 2.45) is 29.6 Å². The zero-order chi connectivity index (χ0) is 29.5. The van der Waals surface area contributed by atoms with Crippen molar-refractivity contribution in [3.05, 3.63) is 35.4 Å². The average Bonchev–Trinajstić information content (AvgIpc) is 2.81. The van der Waals surface area contributed by atoms with Gasteiger partial charge >= 0.3 is 0 Å². The molecule has 0 bridgehead atoms. The number of nitrogens with zero attached hydrogens (tertiary/aromatic N) is 2. The van der Waals surface area contributed by atoms with Crippen LogP contribution < -0.4 is 0 Å². The van der Waals surface area contributed by atoms with E-state index < -0.39 is 0 Å². The molecule has 0 fully saturated rings.